The fraction of sp³-hybridized carbons (Fsp3) is 0.600. The molecule has 1 aliphatic heterocycles. The Morgan fingerprint density at radius 3 is 2.90 bits per heavy atom. The van der Waals surface area contributed by atoms with Crippen LogP contribution in [-0.4, -0.2) is 34.0 Å². The Balaban J connectivity index is 2.11. The van der Waals surface area contributed by atoms with E-state index in [4.69, 9.17) is 0 Å². The smallest absolute Gasteiger partial charge is 0.310 e. The van der Waals surface area contributed by atoms with Crippen LogP contribution in [0.25, 0.3) is 0 Å². The topological polar surface area (TPSA) is 53.4 Å². The highest BCUT2D eigenvalue weighted by Gasteiger charge is 2.45. The van der Waals surface area contributed by atoms with E-state index in [9.17, 15) is 14.3 Å². The standard InChI is InChI=1S/C15H21FN2O2/c1-3-6-15(14(19)20)7-8-18(10-15)11(2)13-5-4-12(16)9-17-13/h4-5,9,11H,3,6-8,10H2,1-2H3,(H,19,20). The molecule has 0 saturated carbocycles. The molecule has 0 aliphatic carbocycles. The van der Waals surface area contributed by atoms with Gasteiger partial charge in [-0.05, 0) is 38.4 Å². The second-order valence-electron chi connectivity index (χ2n) is 5.63. The van der Waals surface area contributed by atoms with Crippen molar-refractivity contribution in [1.82, 2.24) is 9.88 Å². The van der Waals surface area contributed by atoms with Crippen molar-refractivity contribution in [1.29, 1.82) is 0 Å². The van der Waals surface area contributed by atoms with Gasteiger partial charge >= 0.3 is 5.97 Å². The summed E-state index contributed by atoms with van der Waals surface area (Å²) in [5.41, 5.74) is 0.146. The fourth-order valence-corrected chi connectivity index (χ4v) is 3.02. The minimum Gasteiger partial charge on any atom is -0.481 e. The van der Waals surface area contributed by atoms with Crippen LogP contribution in [0.3, 0.4) is 0 Å². The maximum Gasteiger partial charge on any atom is 0.310 e. The number of aliphatic carboxylic acids is 1. The van der Waals surface area contributed by atoms with Crippen LogP contribution in [0.2, 0.25) is 0 Å². The summed E-state index contributed by atoms with van der Waals surface area (Å²) in [6.07, 6.45) is 3.44. The predicted octanol–water partition coefficient (Wildman–Crippen LogP) is 2.86. The van der Waals surface area contributed by atoms with E-state index in [2.05, 4.69) is 9.88 Å². The van der Waals surface area contributed by atoms with E-state index in [0.717, 1.165) is 18.7 Å². The van der Waals surface area contributed by atoms with Crippen LogP contribution in [0.15, 0.2) is 18.3 Å². The van der Waals surface area contributed by atoms with E-state index >= 15 is 0 Å². The molecule has 1 aromatic rings. The normalized spacial score (nSPS) is 24.8. The van der Waals surface area contributed by atoms with Crippen LogP contribution < -0.4 is 0 Å². The van der Waals surface area contributed by atoms with Crippen LogP contribution in [0, 0.1) is 11.2 Å². The number of aromatic nitrogens is 1. The van der Waals surface area contributed by atoms with Crippen LogP contribution in [0.5, 0.6) is 0 Å². The first kappa shape index (κ1) is 14.9. The largest absolute Gasteiger partial charge is 0.481 e. The zero-order valence-corrected chi connectivity index (χ0v) is 12.0. The lowest BCUT2D eigenvalue weighted by atomic mass is 9.83. The lowest BCUT2D eigenvalue weighted by molar-refractivity contribution is -0.148. The Hall–Kier alpha value is -1.49. The summed E-state index contributed by atoms with van der Waals surface area (Å²) in [5.74, 6) is -1.06. The number of rotatable bonds is 5. The molecule has 4 nitrogen and oxygen atoms in total. The molecule has 1 N–H and O–H groups in total. The maximum absolute atomic E-state index is 12.9. The molecule has 2 heterocycles. The van der Waals surface area contributed by atoms with E-state index in [-0.39, 0.29) is 11.9 Å². The quantitative estimate of drug-likeness (QED) is 0.901. The first-order chi connectivity index (χ1) is 9.48. The van der Waals surface area contributed by atoms with Gasteiger partial charge in [0.25, 0.3) is 0 Å². The molecule has 0 radical (unpaired) electrons. The number of hydrogen-bond acceptors (Lipinski definition) is 3. The highest BCUT2D eigenvalue weighted by atomic mass is 19.1. The molecule has 1 fully saturated rings. The Bertz CT molecular complexity index is 477. The minimum atomic E-state index is -0.707. The third-order valence-electron chi connectivity index (χ3n) is 4.29. The first-order valence-electron chi connectivity index (χ1n) is 7.07. The Morgan fingerprint density at radius 1 is 1.60 bits per heavy atom. The van der Waals surface area contributed by atoms with Crippen molar-refractivity contribution >= 4 is 5.97 Å². The molecule has 110 valence electrons. The molecule has 2 atom stereocenters. The second-order valence-corrected chi connectivity index (χ2v) is 5.63. The summed E-state index contributed by atoms with van der Waals surface area (Å²) in [5, 5.41) is 9.51. The van der Waals surface area contributed by atoms with Gasteiger partial charge in [-0.25, -0.2) is 4.39 Å². The Kier molecular flexibility index (Phi) is 4.38. The van der Waals surface area contributed by atoms with Gasteiger partial charge in [-0.1, -0.05) is 13.3 Å². The highest BCUT2D eigenvalue weighted by Crippen LogP contribution is 2.38. The van der Waals surface area contributed by atoms with Gasteiger partial charge in [0.2, 0.25) is 0 Å². The fourth-order valence-electron chi connectivity index (χ4n) is 3.02. The number of pyridine rings is 1. The molecule has 0 bridgehead atoms. The van der Waals surface area contributed by atoms with Gasteiger partial charge < -0.3 is 5.11 Å². The Morgan fingerprint density at radius 2 is 2.35 bits per heavy atom. The number of halogens is 1. The minimum absolute atomic E-state index is 0.00804. The van der Waals surface area contributed by atoms with Crippen molar-refractivity contribution in [2.75, 3.05) is 13.1 Å². The summed E-state index contributed by atoms with van der Waals surface area (Å²) >= 11 is 0. The molecule has 0 amide bonds. The maximum atomic E-state index is 12.9. The van der Waals surface area contributed by atoms with Crippen molar-refractivity contribution in [2.24, 2.45) is 5.41 Å². The monoisotopic (exact) mass is 280 g/mol. The number of likely N-dealkylation sites (tertiary alicyclic amines) is 1. The van der Waals surface area contributed by atoms with E-state index in [1.54, 1.807) is 6.07 Å². The molecule has 2 unspecified atom stereocenters. The van der Waals surface area contributed by atoms with Crippen molar-refractivity contribution in [3.05, 3.63) is 29.8 Å². The van der Waals surface area contributed by atoms with E-state index in [0.29, 0.717) is 19.4 Å². The molecule has 0 spiro atoms. The van der Waals surface area contributed by atoms with Gasteiger partial charge in [0.1, 0.15) is 5.82 Å². The van der Waals surface area contributed by atoms with Gasteiger partial charge in [-0.3, -0.25) is 14.7 Å². The van der Waals surface area contributed by atoms with Gasteiger partial charge in [-0.2, -0.15) is 0 Å². The predicted molar refractivity (Wildman–Crippen MR) is 73.8 cm³/mol. The van der Waals surface area contributed by atoms with E-state index < -0.39 is 11.4 Å². The lowest BCUT2D eigenvalue weighted by Crippen LogP contribution is -2.35. The number of hydrogen-bond donors (Lipinski definition) is 1. The average Bonchev–Trinajstić information content (AvgIpc) is 2.85. The molecule has 20 heavy (non-hydrogen) atoms. The number of nitrogens with zero attached hydrogens (tertiary/aromatic N) is 2. The second kappa shape index (κ2) is 5.87. The van der Waals surface area contributed by atoms with Gasteiger partial charge in [0.05, 0.1) is 17.3 Å². The SMILES string of the molecule is CCCC1(C(=O)O)CCN(C(C)c2ccc(F)cn2)C1. The van der Waals surface area contributed by atoms with Crippen LogP contribution in [-0.2, 0) is 4.79 Å². The number of carboxylic acids is 1. The molecular weight excluding hydrogens is 259 g/mol. The first-order valence-corrected chi connectivity index (χ1v) is 7.07. The molecule has 1 aromatic heterocycles. The molecular formula is C15H21FN2O2. The van der Waals surface area contributed by atoms with Gasteiger partial charge in [-0.15, -0.1) is 0 Å². The van der Waals surface area contributed by atoms with Crippen molar-refractivity contribution in [3.8, 4) is 0 Å². The van der Waals surface area contributed by atoms with Crippen molar-refractivity contribution in [2.45, 2.75) is 39.2 Å². The zero-order chi connectivity index (χ0) is 14.8. The molecule has 1 aliphatic rings. The summed E-state index contributed by atoms with van der Waals surface area (Å²) in [4.78, 5) is 17.8. The van der Waals surface area contributed by atoms with Gasteiger partial charge in [0, 0.05) is 12.6 Å². The summed E-state index contributed by atoms with van der Waals surface area (Å²) in [7, 11) is 0. The summed E-state index contributed by atoms with van der Waals surface area (Å²) in [6.45, 7) is 5.28. The summed E-state index contributed by atoms with van der Waals surface area (Å²) < 4.78 is 12.9. The highest BCUT2D eigenvalue weighted by molar-refractivity contribution is 5.75. The number of carbonyl (C=O) groups is 1. The lowest BCUT2D eigenvalue weighted by Gasteiger charge is -2.27. The number of carboxylic acid groups (broad SMARTS) is 1. The molecule has 0 aromatic carbocycles. The van der Waals surface area contributed by atoms with E-state index in [1.807, 2.05) is 13.8 Å². The summed E-state index contributed by atoms with van der Waals surface area (Å²) in [6, 6.07) is 3.07. The van der Waals surface area contributed by atoms with Crippen LogP contribution in [0.4, 0.5) is 4.39 Å². The van der Waals surface area contributed by atoms with Crippen LogP contribution >= 0.6 is 0 Å². The Labute approximate surface area is 118 Å². The third-order valence-corrected chi connectivity index (χ3v) is 4.29. The zero-order valence-electron chi connectivity index (χ0n) is 12.0. The van der Waals surface area contributed by atoms with Crippen LogP contribution in [0.1, 0.15) is 44.8 Å². The average molecular weight is 280 g/mol. The molecule has 1 saturated heterocycles. The third kappa shape index (κ3) is 2.82. The van der Waals surface area contributed by atoms with Crippen molar-refractivity contribution < 1.29 is 14.3 Å². The van der Waals surface area contributed by atoms with E-state index in [1.165, 1.54) is 12.3 Å². The van der Waals surface area contributed by atoms with Crippen molar-refractivity contribution in [3.63, 3.8) is 0 Å². The molecule has 5 heteroatoms. The van der Waals surface area contributed by atoms with Gasteiger partial charge in [0.15, 0.2) is 0 Å². The molecule has 2 rings (SSSR count).